The molecule has 1 rings (SSSR count). The Morgan fingerprint density at radius 2 is 1.85 bits per heavy atom. The second-order valence-corrected chi connectivity index (χ2v) is 3.16. The molecule has 0 aliphatic rings. The van der Waals surface area contributed by atoms with Crippen molar-refractivity contribution in [3.8, 4) is 0 Å². The number of carbonyl (C=O) groups excluding carboxylic acids is 1. The molecule has 1 nitrogen and oxygen atoms in total. The molecule has 0 amide bonds. The molecule has 68 valence electrons. The Morgan fingerprint density at radius 1 is 1.23 bits per heavy atom. The van der Waals surface area contributed by atoms with E-state index in [2.05, 4.69) is 0 Å². The van der Waals surface area contributed by atoms with Gasteiger partial charge in [-0.15, -0.1) is 0 Å². The molecule has 0 aromatic heterocycles. The van der Waals surface area contributed by atoms with Gasteiger partial charge in [0.05, 0.1) is 0 Å². The first-order valence-corrected chi connectivity index (χ1v) is 4.42. The van der Waals surface area contributed by atoms with E-state index in [-0.39, 0.29) is 5.78 Å². The van der Waals surface area contributed by atoms with Gasteiger partial charge in [-0.1, -0.05) is 36.4 Å². The van der Waals surface area contributed by atoms with Crippen LogP contribution in [0.15, 0.2) is 36.4 Å². The highest BCUT2D eigenvalue weighted by Gasteiger charge is 1.94. The van der Waals surface area contributed by atoms with Crippen LogP contribution in [0.2, 0.25) is 0 Å². The second kappa shape index (κ2) is 4.61. The van der Waals surface area contributed by atoms with Gasteiger partial charge in [0.1, 0.15) is 5.78 Å². The molecule has 0 radical (unpaired) electrons. The summed E-state index contributed by atoms with van der Waals surface area (Å²) in [5.41, 5.74) is 2.35. The summed E-state index contributed by atoms with van der Waals surface area (Å²) in [5.74, 6) is 0.204. The van der Waals surface area contributed by atoms with E-state index in [0.29, 0.717) is 6.42 Å². The van der Waals surface area contributed by atoms with Gasteiger partial charge in [0.15, 0.2) is 0 Å². The number of benzene rings is 1. The lowest BCUT2D eigenvalue weighted by molar-refractivity contribution is -0.116. The first kappa shape index (κ1) is 9.72. The van der Waals surface area contributed by atoms with Crippen molar-refractivity contribution in [3.05, 3.63) is 42.0 Å². The van der Waals surface area contributed by atoms with E-state index in [0.717, 1.165) is 5.57 Å². The van der Waals surface area contributed by atoms with Crippen molar-refractivity contribution < 1.29 is 4.79 Å². The molecule has 0 saturated heterocycles. The fourth-order valence-corrected chi connectivity index (χ4v) is 1.12. The van der Waals surface area contributed by atoms with Crippen LogP contribution in [0.5, 0.6) is 0 Å². The molecule has 1 heteroatoms. The standard InChI is InChI=1S/C12H14O/c1-10(8-9-11(2)13)12-6-4-3-5-7-12/h3-8H,9H2,1-2H3. The largest absolute Gasteiger partial charge is 0.300 e. The summed E-state index contributed by atoms with van der Waals surface area (Å²) in [5, 5.41) is 0. The summed E-state index contributed by atoms with van der Waals surface area (Å²) < 4.78 is 0. The predicted molar refractivity (Wildman–Crippen MR) is 55.4 cm³/mol. The first-order valence-electron chi connectivity index (χ1n) is 4.42. The van der Waals surface area contributed by atoms with Crippen LogP contribution in [-0.4, -0.2) is 5.78 Å². The molecule has 0 fully saturated rings. The third-order valence-corrected chi connectivity index (χ3v) is 1.92. The maximum absolute atomic E-state index is 10.7. The number of hydrogen-bond acceptors (Lipinski definition) is 1. The number of carbonyl (C=O) groups is 1. The maximum Gasteiger partial charge on any atom is 0.133 e. The van der Waals surface area contributed by atoms with E-state index < -0.39 is 0 Å². The lowest BCUT2D eigenvalue weighted by atomic mass is 10.1. The Kier molecular flexibility index (Phi) is 3.44. The van der Waals surface area contributed by atoms with Crippen molar-refractivity contribution in [2.45, 2.75) is 20.3 Å². The van der Waals surface area contributed by atoms with Crippen LogP contribution in [-0.2, 0) is 4.79 Å². The smallest absolute Gasteiger partial charge is 0.133 e. The molecule has 13 heavy (non-hydrogen) atoms. The van der Waals surface area contributed by atoms with E-state index in [1.165, 1.54) is 5.56 Å². The minimum absolute atomic E-state index is 0.204. The highest BCUT2D eigenvalue weighted by molar-refractivity contribution is 5.79. The number of rotatable bonds is 3. The van der Waals surface area contributed by atoms with Crippen molar-refractivity contribution in [1.29, 1.82) is 0 Å². The zero-order valence-corrected chi connectivity index (χ0v) is 8.08. The Labute approximate surface area is 79.1 Å². The maximum atomic E-state index is 10.7. The Hall–Kier alpha value is -1.37. The van der Waals surface area contributed by atoms with Gasteiger partial charge in [-0.3, -0.25) is 4.79 Å². The molecule has 1 aromatic carbocycles. The molecule has 0 aliphatic carbocycles. The Balaban J connectivity index is 2.73. The van der Waals surface area contributed by atoms with Crippen molar-refractivity contribution >= 4 is 11.4 Å². The molecule has 0 spiro atoms. The van der Waals surface area contributed by atoms with Crippen molar-refractivity contribution in [2.24, 2.45) is 0 Å². The highest BCUT2D eigenvalue weighted by atomic mass is 16.1. The third kappa shape index (κ3) is 3.24. The summed E-state index contributed by atoms with van der Waals surface area (Å²) in [4.78, 5) is 10.7. The van der Waals surface area contributed by atoms with Crippen molar-refractivity contribution in [2.75, 3.05) is 0 Å². The average Bonchev–Trinajstić information content (AvgIpc) is 2.15. The van der Waals surface area contributed by atoms with Crippen LogP contribution in [0.25, 0.3) is 5.57 Å². The van der Waals surface area contributed by atoms with Gasteiger partial charge in [-0.2, -0.15) is 0 Å². The second-order valence-electron chi connectivity index (χ2n) is 3.16. The van der Waals surface area contributed by atoms with Gasteiger partial charge in [0.2, 0.25) is 0 Å². The number of Topliss-reactive ketones (excluding diaryl/α,β-unsaturated/α-hetero) is 1. The topological polar surface area (TPSA) is 17.1 Å². The van der Waals surface area contributed by atoms with Gasteiger partial charge in [-0.25, -0.2) is 0 Å². The van der Waals surface area contributed by atoms with E-state index in [9.17, 15) is 4.79 Å². The Bertz CT molecular complexity index is 309. The Morgan fingerprint density at radius 3 is 2.38 bits per heavy atom. The fourth-order valence-electron chi connectivity index (χ4n) is 1.12. The van der Waals surface area contributed by atoms with Gasteiger partial charge >= 0.3 is 0 Å². The van der Waals surface area contributed by atoms with E-state index in [1.807, 2.05) is 43.3 Å². The van der Waals surface area contributed by atoms with E-state index >= 15 is 0 Å². The van der Waals surface area contributed by atoms with Crippen LogP contribution in [0.1, 0.15) is 25.8 Å². The monoisotopic (exact) mass is 174 g/mol. The molecule has 0 atom stereocenters. The van der Waals surface area contributed by atoms with Gasteiger partial charge in [-0.05, 0) is 25.0 Å². The molecule has 0 saturated carbocycles. The molecule has 0 bridgehead atoms. The lowest BCUT2D eigenvalue weighted by Gasteiger charge is -1.99. The molecule has 1 aromatic rings. The van der Waals surface area contributed by atoms with Gasteiger partial charge in [0.25, 0.3) is 0 Å². The summed E-state index contributed by atoms with van der Waals surface area (Å²) in [6.45, 7) is 3.63. The lowest BCUT2D eigenvalue weighted by Crippen LogP contribution is -1.86. The average molecular weight is 174 g/mol. The fraction of sp³-hybridized carbons (Fsp3) is 0.250. The van der Waals surface area contributed by atoms with Crippen LogP contribution in [0.3, 0.4) is 0 Å². The number of ketones is 1. The molecule has 0 aliphatic heterocycles. The molecule has 0 heterocycles. The number of allylic oxidation sites excluding steroid dienone is 2. The van der Waals surface area contributed by atoms with Gasteiger partial charge < -0.3 is 0 Å². The normalized spacial score (nSPS) is 11.4. The molecule has 0 unspecified atom stereocenters. The first-order chi connectivity index (χ1) is 6.20. The van der Waals surface area contributed by atoms with Gasteiger partial charge in [0, 0.05) is 6.42 Å². The zero-order valence-electron chi connectivity index (χ0n) is 8.08. The van der Waals surface area contributed by atoms with Crippen LogP contribution < -0.4 is 0 Å². The minimum Gasteiger partial charge on any atom is -0.300 e. The minimum atomic E-state index is 0.204. The predicted octanol–water partition coefficient (Wildman–Crippen LogP) is 3.07. The molecular formula is C12H14O. The molecular weight excluding hydrogens is 160 g/mol. The van der Waals surface area contributed by atoms with Crippen LogP contribution in [0.4, 0.5) is 0 Å². The third-order valence-electron chi connectivity index (χ3n) is 1.92. The SMILES string of the molecule is CC(=O)CC=C(C)c1ccccc1. The summed E-state index contributed by atoms with van der Waals surface area (Å²) in [6.07, 6.45) is 2.50. The van der Waals surface area contributed by atoms with Crippen molar-refractivity contribution in [3.63, 3.8) is 0 Å². The van der Waals surface area contributed by atoms with E-state index in [4.69, 9.17) is 0 Å². The zero-order chi connectivity index (χ0) is 9.68. The number of hydrogen-bond donors (Lipinski definition) is 0. The summed E-state index contributed by atoms with van der Waals surface area (Å²) in [7, 11) is 0. The molecule has 0 N–H and O–H groups in total. The van der Waals surface area contributed by atoms with Crippen LogP contribution in [0, 0.1) is 0 Å². The highest BCUT2D eigenvalue weighted by Crippen LogP contribution is 2.13. The van der Waals surface area contributed by atoms with E-state index in [1.54, 1.807) is 6.92 Å². The van der Waals surface area contributed by atoms with Crippen LogP contribution >= 0.6 is 0 Å². The summed E-state index contributed by atoms with van der Waals surface area (Å²) in [6, 6.07) is 10.1. The quantitative estimate of drug-likeness (QED) is 0.688. The summed E-state index contributed by atoms with van der Waals surface area (Å²) >= 11 is 0. The van der Waals surface area contributed by atoms with Crippen molar-refractivity contribution in [1.82, 2.24) is 0 Å².